The maximum absolute atomic E-state index is 12.5. The molecule has 0 aliphatic carbocycles. The summed E-state index contributed by atoms with van der Waals surface area (Å²) in [5.74, 6) is -0.126. The Morgan fingerprint density at radius 3 is 2.09 bits per heavy atom. The second-order valence-electron chi connectivity index (χ2n) is 5.96. The number of amides is 1. The van der Waals surface area contributed by atoms with Crippen molar-refractivity contribution in [2.24, 2.45) is 0 Å². The highest BCUT2D eigenvalue weighted by Crippen LogP contribution is 2.21. The number of carbonyl (C=O) groups excluding carboxylic acids is 1. The van der Waals surface area contributed by atoms with E-state index >= 15 is 0 Å². The Labute approximate surface area is 139 Å². The van der Waals surface area contributed by atoms with Gasteiger partial charge in [0.15, 0.2) is 0 Å². The van der Waals surface area contributed by atoms with Gasteiger partial charge in [0.1, 0.15) is 0 Å². The van der Waals surface area contributed by atoms with Crippen LogP contribution in [0.3, 0.4) is 0 Å². The van der Waals surface area contributed by atoms with Gasteiger partial charge < -0.3 is 5.32 Å². The Kier molecular flexibility index (Phi) is 7.22. The van der Waals surface area contributed by atoms with Gasteiger partial charge in [-0.1, -0.05) is 31.5 Å². The van der Waals surface area contributed by atoms with Gasteiger partial charge in [0.05, 0.1) is 4.90 Å². The van der Waals surface area contributed by atoms with Crippen LogP contribution in [0.4, 0.5) is 0 Å². The molecule has 0 fully saturated rings. The van der Waals surface area contributed by atoms with Crippen molar-refractivity contribution in [3.8, 4) is 0 Å². The fraction of sp³-hybridized carbons (Fsp3) is 0.588. The van der Waals surface area contributed by atoms with Gasteiger partial charge in [-0.15, -0.1) is 0 Å². The van der Waals surface area contributed by atoms with Crippen molar-refractivity contribution in [3.63, 3.8) is 0 Å². The molecule has 0 aliphatic heterocycles. The topological polar surface area (TPSA) is 75.3 Å². The molecule has 0 atom stereocenters. The van der Waals surface area contributed by atoms with Crippen molar-refractivity contribution in [2.75, 3.05) is 6.54 Å². The molecule has 0 heterocycles. The van der Waals surface area contributed by atoms with Crippen LogP contribution in [-0.4, -0.2) is 26.9 Å². The average molecular weight is 340 g/mol. The minimum atomic E-state index is -3.60. The largest absolute Gasteiger partial charge is 0.353 e. The summed E-state index contributed by atoms with van der Waals surface area (Å²) in [6, 6.07) is 3.85. The van der Waals surface area contributed by atoms with Crippen molar-refractivity contribution in [3.05, 3.63) is 28.8 Å². The molecule has 0 bridgehead atoms. The second kappa shape index (κ2) is 8.45. The molecule has 1 rings (SSSR count). The SMILES string of the molecule is CCC(CC)NC(=O)CCNS(=O)(=O)c1c(C)cc(C)cc1C. The summed E-state index contributed by atoms with van der Waals surface area (Å²) < 4.78 is 27.4. The first kappa shape index (κ1) is 19.6. The lowest BCUT2D eigenvalue weighted by Gasteiger charge is -2.15. The van der Waals surface area contributed by atoms with E-state index in [-0.39, 0.29) is 24.9 Å². The second-order valence-corrected chi connectivity index (χ2v) is 7.66. The van der Waals surface area contributed by atoms with Crippen molar-refractivity contribution in [1.29, 1.82) is 0 Å². The Bertz CT molecular complexity index is 627. The van der Waals surface area contributed by atoms with Crippen LogP contribution in [0.2, 0.25) is 0 Å². The third-order valence-corrected chi connectivity index (χ3v) is 5.63. The van der Waals surface area contributed by atoms with Gasteiger partial charge in [0, 0.05) is 19.0 Å². The summed E-state index contributed by atoms with van der Waals surface area (Å²) in [5.41, 5.74) is 2.47. The zero-order valence-corrected chi connectivity index (χ0v) is 15.5. The van der Waals surface area contributed by atoms with Crippen LogP contribution in [0, 0.1) is 20.8 Å². The quantitative estimate of drug-likeness (QED) is 0.764. The fourth-order valence-electron chi connectivity index (χ4n) is 2.75. The predicted octanol–water partition coefficient (Wildman–Crippen LogP) is 2.59. The molecule has 2 N–H and O–H groups in total. The Hall–Kier alpha value is -1.40. The predicted molar refractivity (Wildman–Crippen MR) is 93.0 cm³/mol. The Morgan fingerprint density at radius 2 is 1.61 bits per heavy atom. The number of carbonyl (C=O) groups is 1. The molecule has 0 saturated heterocycles. The first-order valence-corrected chi connectivity index (χ1v) is 9.56. The van der Waals surface area contributed by atoms with Crippen molar-refractivity contribution >= 4 is 15.9 Å². The first-order valence-electron chi connectivity index (χ1n) is 8.08. The monoisotopic (exact) mass is 340 g/mol. The zero-order chi connectivity index (χ0) is 17.6. The molecule has 0 spiro atoms. The van der Waals surface area contributed by atoms with Gasteiger partial charge in [-0.05, 0) is 44.7 Å². The molecule has 1 aromatic carbocycles. The highest BCUT2D eigenvalue weighted by atomic mass is 32.2. The van der Waals surface area contributed by atoms with Gasteiger partial charge in [0.25, 0.3) is 0 Å². The summed E-state index contributed by atoms with van der Waals surface area (Å²) in [6.45, 7) is 9.63. The van der Waals surface area contributed by atoms with Crippen LogP contribution in [0.5, 0.6) is 0 Å². The lowest BCUT2D eigenvalue weighted by Crippen LogP contribution is -2.36. The summed E-state index contributed by atoms with van der Waals surface area (Å²) in [7, 11) is -3.60. The number of aryl methyl sites for hydroxylation is 3. The molecule has 6 heteroatoms. The number of hydrogen-bond acceptors (Lipinski definition) is 3. The van der Waals surface area contributed by atoms with Crippen LogP contribution in [0.1, 0.15) is 49.8 Å². The number of nitrogens with one attached hydrogen (secondary N) is 2. The van der Waals surface area contributed by atoms with E-state index in [1.54, 1.807) is 13.8 Å². The highest BCUT2D eigenvalue weighted by Gasteiger charge is 2.20. The smallest absolute Gasteiger partial charge is 0.241 e. The molecule has 23 heavy (non-hydrogen) atoms. The summed E-state index contributed by atoms with van der Waals surface area (Å²) >= 11 is 0. The lowest BCUT2D eigenvalue weighted by atomic mass is 10.1. The van der Waals surface area contributed by atoms with Crippen molar-refractivity contribution in [1.82, 2.24) is 10.0 Å². The minimum Gasteiger partial charge on any atom is -0.353 e. The van der Waals surface area contributed by atoms with Crippen molar-refractivity contribution in [2.45, 2.75) is 64.8 Å². The molecular formula is C17H28N2O3S. The normalized spacial score (nSPS) is 11.7. The molecule has 1 aromatic rings. The highest BCUT2D eigenvalue weighted by molar-refractivity contribution is 7.89. The number of hydrogen-bond donors (Lipinski definition) is 2. The lowest BCUT2D eigenvalue weighted by molar-refractivity contribution is -0.121. The third kappa shape index (κ3) is 5.62. The van der Waals surface area contributed by atoms with E-state index in [0.717, 1.165) is 29.5 Å². The average Bonchev–Trinajstić information content (AvgIpc) is 2.42. The van der Waals surface area contributed by atoms with E-state index in [0.29, 0.717) is 4.90 Å². The van der Waals surface area contributed by atoms with Crippen molar-refractivity contribution < 1.29 is 13.2 Å². The number of benzene rings is 1. The molecule has 0 unspecified atom stereocenters. The maximum atomic E-state index is 12.5. The number of rotatable bonds is 8. The van der Waals surface area contributed by atoms with Gasteiger partial charge >= 0.3 is 0 Å². The molecule has 130 valence electrons. The fourth-order valence-corrected chi connectivity index (χ4v) is 4.24. The first-order chi connectivity index (χ1) is 10.7. The molecule has 0 saturated carbocycles. The molecular weight excluding hydrogens is 312 g/mol. The van der Waals surface area contributed by atoms with Gasteiger partial charge in [0.2, 0.25) is 15.9 Å². The van der Waals surface area contributed by atoms with E-state index < -0.39 is 10.0 Å². The molecule has 1 amide bonds. The van der Waals surface area contributed by atoms with Crippen LogP contribution in [0.15, 0.2) is 17.0 Å². The van der Waals surface area contributed by atoms with Crippen LogP contribution < -0.4 is 10.0 Å². The van der Waals surface area contributed by atoms with Gasteiger partial charge in [-0.25, -0.2) is 13.1 Å². The Morgan fingerprint density at radius 1 is 1.09 bits per heavy atom. The molecule has 0 radical (unpaired) electrons. The van der Waals surface area contributed by atoms with Gasteiger partial charge in [-0.2, -0.15) is 0 Å². The Balaban J connectivity index is 2.69. The zero-order valence-electron chi connectivity index (χ0n) is 14.7. The number of sulfonamides is 1. The molecule has 0 aliphatic rings. The summed E-state index contributed by atoms with van der Waals surface area (Å²) in [5, 5.41) is 2.90. The minimum absolute atomic E-state index is 0.0983. The van der Waals surface area contributed by atoms with Crippen LogP contribution >= 0.6 is 0 Å². The van der Waals surface area contributed by atoms with E-state index in [2.05, 4.69) is 10.0 Å². The van der Waals surface area contributed by atoms with Gasteiger partial charge in [-0.3, -0.25) is 4.79 Å². The van der Waals surface area contributed by atoms with Crippen LogP contribution in [0.25, 0.3) is 0 Å². The maximum Gasteiger partial charge on any atom is 0.241 e. The van der Waals surface area contributed by atoms with E-state index in [1.165, 1.54) is 0 Å². The van der Waals surface area contributed by atoms with Crippen LogP contribution in [-0.2, 0) is 14.8 Å². The summed E-state index contributed by atoms with van der Waals surface area (Å²) in [6.07, 6.45) is 1.88. The molecule has 0 aromatic heterocycles. The molecule has 5 nitrogen and oxygen atoms in total. The standard InChI is InChI=1S/C17H28N2O3S/c1-6-15(7-2)19-16(20)8-9-18-23(21,22)17-13(4)10-12(3)11-14(17)5/h10-11,15,18H,6-9H2,1-5H3,(H,19,20). The third-order valence-electron chi connectivity index (χ3n) is 3.87. The van der Waals surface area contributed by atoms with E-state index in [1.807, 2.05) is 32.9 Å². The summed E-state index contributed by atoms with van der Waals surface area (Å²) in [4.78, 5) is 12.1. The van der Waals surface area contributed by atoms with E-state index in [9.17, 15) is 13.2 Å². The van der Waals surface area contributed by atoms with E-state index in [4.69, 9.17) is 0 Å².